The lowest BCUT2D eigenvalue weighted by atomic mass is 10.2. The molecule has 5 heteroatoms. The highest BCUT2D eigenvalue weighted by Gasteiger charge is 2.14. The first-order chi connectivity index (χ1) is 10.6. The minimum Gasteiger partial charge on any atom is -0.494 e. The Kier molecular flexibility index (Phi) is 5.83. The van der Waals surface area contributed by atoms with Gasteiger partial charge in [0.05, 0.1) is 12.2 Å². The maximum absolute atomic E-state index is 12.4. The van der Waals surface area contributed by atoms with Gasteiger partial charge in [0.1, 0.15) is 10.8 Å². The molecule has 0 unspecified atom stereocenters. The molecule has 0 bridgehead atoms. The molecule has 0 spiro atoms. The van der Waals surface area contributed by atoms with Crippen LogP contribution in [-0.2, 0) is 0 Å². The molecule has 1 N–H and O–H groups in total. The molecule has 1 amide bonds. The van der Waals surface area contributed by atoms with Crippen molar-refractivity contribution in [2.24, 2.45) is 0 Å². The van der Waals surface area contributed by atoms with Gasteiger partial charge in [0, 0.05) is 17.1 Å². The van der Waals surface area contributed by atoms with E-state index in [-0.39, 0.29) is 5.91 Å². The lowest BCUT2D eigenvalue weighted by Gasteiger charge is -2.11. The third-order valence-corrected chi connectivity index (χ3v) is 3.81. The van der Waals surface area contributed by atoms with Crippen LogP contribution in [0.4, 0.5) is 5.69 Å². The molecule has 2 rings (SSSR count). The predicted octanol–water partition coefficient (Wildman–Crippen LogP) is 4.23. The first kappa shape index (κ1) is 16.4. The second-order valence-corrected chi connectivity index (χ2v) is 6.50. The third-order valence-electron chi connectivity index (χ3n) is 2.79. The van der Waals surface area contributed by atoms with Gasteiger partial charge in [0.2, 0.25) is 0 Å². The molecule has 1 heterocycles. The van der Waals surface area contributed by atoms with Crippen molar-refractivity contribution >= 4 is 23.4 Å². The Morgan fingerprint density at radius 1 is 1.27 bits per heavy atom. The van der Waals surface area contributed by atoms with Gasteiger partial charge in [-0.3, -0.25) is 4.79 Å². The molecule has 22 heavy (non-hydrogen) atoms. The van der Waals surface area contributed by atoms with E-state index in [4.69, 9.17) is 4.74 Å². The summed E-state index contributed by atoms with van der Waals surface area (Å²) < 4.78 is 5.39. The number of amides is 1. The van der Waals surface area contributed by atoms with Crippen molar-refractivity contribution in [2.45, 2.75) is 31.0 Å². The number of hydrogen-bond donors (Lipinski definition) is 1. The topological polar surface area (TPSA) is 51.2 Å². The number of hydrogen-bond acceptors (Lipinski definition) is 4. The van der Waals surface area contributed by atoms with Crippen molar-refractivity contribution in [1.82, 2.24) is 4.98 Å². The highest BCUT2D eigenvalue weighted by atomic mass is 32.2. The summed E-state index contributed by atoms with van der Waals surface area (Å²) in [6.07, 6.45) is 1.71. The predicted molar refractivity (Wildman–Crippen MR) is 90.8 cm³/mol. The number of carbonyl (C=O) groups is 1. The van der Waals surface area contributed by atoms with Crippen LogP contribution in [0.25, 0.3) is 0 Å². The first-order valence-electron chi connectivity index (χ1n) is 7.26. The zero-order valence-corrected chi connectivity index (χ0v) is 13.8. The van der Waals surface area contributed by atoms with Crippen LogP contribution in [0.15, 0.2) is 47.6 Å². The molecule has 0 aliphatic heterocycles. The van der Waals surface area contributed by atoms with E-state index < -0.39 is 0 Å². The molecular weight excluding hydrogens is 296 g/mol. The summed E-state index contributed by atoms with van der Waals surface area (Å²) in [4.78, 5) is 16.7. The maximum Gasteiger partial charge on any atom is 0.258 e. The maximum atomic E-state index is 12.4. The lowest BCUT2D eigenvalue weighted by molar-refractivity contribution is 0.102. The Bertz CT molecular complexity index is 627. The van der Waals surface area contributed by atoms with Crippen molar-refractivity contribution in [3.05, 3.63) is 48.2 Å². The number of benzene rings is 1. The molecule has 0 saturated heterocycles. The Morgan fingerprint density at radius 3 is 2.64 bits per heavy atom. The van der Waals surface area contributed by atoms with Crippen LogP contribution in [0.5, 0.6) is 5.75 Å². The van der Waals surface area contributed by atoms with Gasteiger partial charge in [-0.25, -0.2) is 4.98 Å². The molecule has 0 aliphatic carbocycles. The van der Waals surface area contributed by atoms with Gasteiger partial charge < -0.3 is 10.1 Å². The van der Waals surface area contributed by atoms with Crippen LogP contribution < -0.4 is 10.1 Å². The molecule has 116 valence electrons. The van der Waals surface area contributed by atoms with E-state index in [0.29, 0.717) is 17.4 Å². The summed E-state index contributed by atoms with van der Waals surface area (Å²) in [6.45, 7) is 6.71. The fourth-order valence-corrected chi connectivity index (χ4v) is 2.74. The number of anilines is 1. The smallest absolute Gasteiger partial charge is 0.258 e. The fourth-order valence-electron chi connectivity index (χ4n) is 1.88. The van der Waals surface area contributed by atoms with Gasteiger partial charge >= 0.3 is 0 Å². The van der Waals surface area contributed by atoms with Gasteiger partial charge in [-0.1, -0.05) is 13.8 Å². The monoisotopic (exact) mass is 316 g/mol. The van der Waals surface area contributed by atoms with Gasteiger partial charge in [-0.2, -0.15) is 0 Å². The van der Waals surface area contributed by atoms with E-state index in [2.05, 4.69) is 24.1 Å². The molecule has 0 fully saturated rings. The molecule has 2 aromatic rings. The van der Waals surface area contributed by atoms with E-state index >= 15 is 0 Å². The zero-order valence-electron chi connectivity index (χ0n) is 13.0. The summed E-state index contributed by atoms with van der Waals surface area (Å²) in [5, 5.41) is 4.01. The van der Waals surface area contributed by atoms with Gasteiger partial charge in [-0.05, 0) is 43.3 Å². The second kappa shape index (κ2) is 7.84. The average molecular weight is 316 g/mol. The van der Waals surface area contributed by atoms with Crippen LogP contribution in [-0.4, -0.2) is 22.7 Å². The molecule has 0 aliphatic rings. The average Bonchev–Trinajstić information content (AvgIpc) is 2.49. The number of rotatable bonds is 6. The van der Waals surface area contributed by atoms with Crippen LogP contribution in [0.1, 0.15) is 31.1 Å². The van der Waals surface area contributed by atoms with E-state index in [1.165, 1.54) is 0 Å². The van der Waals surface area contributed by atoms with Crippen LogP contribution in [0, 0.1) is 0 Å². The van der Waals surface area contributed by atoms with Crippen LogP contribution >= 0.6 is 11.8 Å². The highest BCUT2D eigenvalue weighted by Crippen LogP contribution is 2.25. The minimum absolute atomic E-state index is 0.152. The Hall–Kier alpha value is -2.01. The Balaban J connectivity index is 2.12. The molecule has 0 radical (unpaired) electrons. The second-order valence-electron chi connectivity index (χ2n) is 4.93. The largest absolute Gasteiger partial charge is 0.494 e. The van der Waals surface area contributed by atoms with Crippen LogP contribution in [0.3, 0.4) is 0 Å². The molecule has 1 aromatic carbocycles. The van der Waals surface area contributed by atoms with Crippen molar-refractivity contribution in [3.8, 4) is 5.75 Å². The fraction of sp³-hybridized carbons (Fsp3) is 0.294. The summed E-state index contributed by atoms with van der Waals surface area (Å²) >= 11 is 1.58. The lowest BCUT2D eigenvalue weighted by Crippen LogP contribution is -2.14. The quantitative estimate of drug-likeness (QED) is 0.810. The Morgan fingerprint density at radius 2 is 2.00 bits per heavy atom. The molecular formula is C17H20N2O2S. The van der Waals surface area contributed by atoms with Crippen molar-refractivity contribution < 1.29 is 9.53 Å². The number of ether oxygens (including phenoxy) is 1. The van der Waals surface area contributed by atoms with E-state index in [1.54, 1.807) is 30.1 Å². The van der Waals surface area contributed by atoms with Gasteiger partial charge in [0.25, 0.3) is 5.91 Å². The van der Waals surface area contributed by atoms with Crippen molar-refractivity contribution in [1.29, 1.82) is 0 Å². The summed E-state index contributed by atoms with van der Waals surface area (Å²) in [6, 6.07) is 10.9. The molecule has 4 nitrogen and oxygen atoms in total. The first-order valence-corrected chi connectivity index (χ1v) is 8.14. The third kappa shape index (κ3) is 4.49. The van der Waals surface area contributed by atoms with E-state index in [0.717, 1.165) is 16.5 Å². The van der Waals surface area contributed by atoms with E-state index in [1.807, 2.05) is 31.2 Å². The summed E-state index contributed by atoms with van der Waals surface area (Å²) in [5.41, 5.74) is 1.33. The summed E-state index contributed by atoms with van der Waals surface area (Å²) in [7, 11) is 0. The number of aromatic nitrogens is 1. The molecule has 0 saturated carbocycles. The number of thioether (sulfide) groups is 1. The van der Waals surface area contributed by atoms with Gasteiger partial charge in [-0.15, -0.1) is 11.8 Å². The number of carbonyl (C=O) groups excluding carboxylic acids is 1. The zero-order chi connectivity index (χ0) is 15.9. The molecule has 0 atom stereocenters. The van der Waals surface area contributed by atoms with Crippen molar-refractivity contribution in [2.75, 3.05) is 11.9 Å². The minimum atomic E-state index is -0.152. The van der Waals surface area contributed by atoms with E-state index in [9.17, 15) is 4.79 Å². The normalized spacial score (nSPS) is 10.5. The highest BCUT2D eigenvalue weighted by molar-refractivity contribution is 7.99. The number of nitrogens with zero attached hydrogens (tertiary/aromatic N) is 1. The number of pyridine rings is 1. The SMILES string of the molecule is CCOc1ccc(NC(=O)c2cccnc2SC(C)C)cc1. The standard InChI is InChI=1S/C17H20N2O2S/c1-4-21-14-9-7-13(8-10-14)19-16(20)15-6-5-11-18-17(15)22-12(2)3/h5-12H,4H2,1-3H3,(H,19,20). The molecule has 1 aromatic heterocycles. The number of nitrogens with one attached hydrogen (secondary N) is 1. The Labute approximate surface area is 135 Å². The summed E-state index contributed by atoms with van der Waals surface area (Å²) in [5.74, 6) is 0.637. The van der Waals surface area contributed by atoms with Crippen molar-refractivity contribution in [3.63, 3.8) is 0 Å². The van der Waals surface area contributed by atoms with Crippen LogP contribution in [0.2, 0.25) is 0 Å². The van der Waals surface area contributed by atoms with Gasteiger partial charge in [0.15, 0.2) is 0 Å².